The number of anilines is 2. The van der Waals surface area contributed by atoms with Crippen molar-refractivity contribution in [3.63, 3.8) is 0 Å². The van der Waals surface area contributed by atoms with Gasteiger partial charge in [-0.2, -0.15) is 0 Å². The molecule has 4 rings (SSSR count). The molecule has 6 N–H and O–H groups in total. The Balaban J connectivity index is 1.33. The number of benzene rings is 2. The Morgan fingerprint density at radius 3 is 1.33 bits per heavy atom. The number of hydrogen-bond donors (Lipinski definition) is 6. The predicted octanol–water partition coefficient (Wildman–Crippen LogP) is 1.11. The van der Waals surface area contributed by atoms with Gasteiger partial charge in [0.1, 0.15) is 24.7 Å². The summed E-state index contributed by atoms with van der Waals surface area (Å²) in [5.41, 5.74) is 3.87. The van der Waals surface area contributed by atoms with Gasteiger partial charge in [-0.25, -0.2) is 0 Å². The molecule has 0 amide bonds. The van der Waals surface area contributed by atoms with Crippen LogP contribution < -0.4 is 10.6 Å². The van der Waals surface area contributed by atoms with Crippen LogP contribution in [-0.4, -0.2) is 70.5 Å². The maximum Gasteiger partial charge on any atom is 0.130 e. The Hall–Kier alpha value is -2.20. The number of aliphatic hydroxyl groups is 4. The molecule has 0 aromatic heterocycles. The van der Waals surface area contributed by atoms with Gasteiger partial charge in [-0.3, -0.25) is 0 Å². The van der Waals surface area contributed by atoms with Gasteiger partial charge < -0.3 is 40.5 Å². The molecular formula is C22H28N2O6. The SMILES string of the molecule is OC[C@H]1O[C@H](Nc2ccc(-c3ccc(N[C@@H]4C[C@H](O)[C@@H](CO)O4)cc3)cc2)C[C@H]1O. The largest absolute Gasteiger partial charge is 0.394 e. The third-order valence-corrected chi connectivity index (χ3v) is 5.57. The molecule has 0 saturated carbocycles. The quantitative estimate of drug-likeness (QED) is 0.397. The fourth-order valence-electron chi connectivity index (χ4n) is 3.86. The van der Waals surface area contributed by atoms with Crippen molar-refractivity contribution >= 4 is 11.4 Å². The van der Waals surface area contributed by atoms with Crippen molar-refractivity contribution in [2.45, 2.75) is 49.7 Å². The van der Waals surface area contributed by atoms with E-state index in [0.29, 0.717) is 12.8 Å². The summed E-state index contributed by atoms with van der Waals surface area (Å²) in [7, 11) is 0. The van der Waals surface area contributed by atoms with Gasteiger partial charge in [-0.1, -0.05) is 24.3 Å². The summed E-state index contributed by atoms with van der Waals surface area (Å²) in [5, 5.41) is 44.4. The molecule has 8 heteroatoms. The summed E-state index contributed by atoms with van der Waals surface area (Å²) in [6.45, 7) is -0.392. The molecule has 2 aliphatic heterocycles. The van der Waals surface area contributed by atoms with E-state index in [9.17, 15) is 20.4 Å². The van der Waals surface area contributed by atoms with Crippen LogP contribution in [0.3, 0.4) is 0 Å². The first-order valence-electron chi connectivity index (χ1n) is 10.2. The van der Waals surface area contributed by atoms with Gasteiger partial charge in [0.2, 0.25) is 0 Å². The van der Waals surface area contributed by atoms with Crippen LogP contribution in [0.5, 0.6) is 0 Å². The summed E-state index contributed by atoms with van der Waals surface area (Å²) in [6, 6.07) is 15.8. The molecule has 0 radical (unpaired) electrons. The van der Waals surface area contributed by atoms with Gasteiger partial charge in [-0.15, -0.1) is 0 Å². The molecule has 8 nitrogen and oxygen atoms in total. The van der Waals surface area contributed by atoms with Crippen molar-refractivity contribution in [2.24, 2.45) is 0 Å². The van der Waals surface area contributed by atoms with E-state index < -0.39 is 24.4 Å². The van der Waals surface area contributed by atoms with E-state index in [-0.39, 0.29) is 25.7 Å². The number of aliphatic hydroxyl groups excluding tert-OH is 4. The van der Waals surface area contributed by atoms with Crippen molar-refractivity contribution in [1.82, 2.24) is 0 Å². The average Bonchev–Trinajstić information content (AvgIpc) is 3.30. The van der Waals surface area contributed by atoms with Gasteiger partial charge >= 0.3 is 0 Å². The van der Waals surface area contributed by atoms with Crippen LogP contribution >= 0.6 is 0 Å². The van der Waals surface area contributed by atoms with Crippen molar-refractivity contribution in [1.29, 1.82) is 0 Å². The van der Waals surface area contributed by atoms with E-state index in [1.807, 2.05) is 48.5 Å². The van der Waals surface area contributed by atoms with Gasteiger partial charge in [0, 0.05) is 24.2 Å². The molecule has 2 aliphatic rings. The maximum atomic E-state index is 9.82. The molecule has 2 fully saturated rings. The number of nitrogens with one attached hydrogen (secondary N) is 2. The van der Waals surface area contributed by atoms with Crippen molar-refractivity contribution in [3.05, 3.63) is 48.5 Å². The minimum atomic E-state index is -0.661. The Labute approximate surface area is 175 Å². The van der Waals surface area contributed by atoms with E-state index in [1.165, 1.54) is 0 Å². The Bertz CT molecular complexity index is 746. The Morgan fingerprint density at radius 1 is 0.667 bits per heavy atom. The van der Waals surface area contributed by atoms with Crippen LogP contribution in [0.1, 0.15) is 12.8 Å². The summed E-state index contributed by atoms with van der Waals surface area (Å²) >= 11 is 0. The first kappa shape index (κ1) is 21.0. The minimum Gasteiger partial charge on any atom is -0.394 e. The highest BCUT2D eigenvalue weighted by molar-refractivity contribution is 5.68. The van der Waals surface area contributed by atoms with E-state index >= 15 is 0 Å². The fraction of sp³-hybridized carbons (Fsp3) is 0.455. The first-order chi connectivity index (χ1) is 14.6. The second kappa shape index (κ2) is 9.30. The lowest BCUT2D eigenvalue weighted by molar-refractivity contribution is -0.0149. The molecule has 0 spiro atoms. The number of rotatable bonds is 7. The van der Waals surface area contributed by atoms with Crippen LogP contribution in [0, 0.1) is 0 Å². The summed E-state index contributed by atoms with van der Waals surface area (Å²) in [4.78, 5) is 0. The normalized spacial score (nSPS) is 31.1. The third-order valence-electron chi connectivity index (χ3n) is 5.57. The predicted molar refractivity (Wildman–Crippen MR) is 112 cm³/mol. The van der Waals surface area contributed by atoms with Crippen LogP contribution in [0.25, 0.3) is 11.1 Å². The second-order valence-electron chi connectivity index (χ2n) is 7.74. The zero-order valence-electron chi connectivity index (χ0n) is 16.5. The standard InChI is InChI=1S/C22H28N2O6/c25-11-19-17(27)9-21(29-19)23-15-5-1-13(2-6-15)14-3-7-16(8-4-14)24-22-10-18(28)20(12-26)30-22/h1-8,17-28H,9-12H2/t17-,18+,19-,20-,21+,22+/m1/s1. The monoisotopic (exact) mass is 416 g/mol. The highest BCUT2D eigenvalue weighted by Gasteiger charge is 2.34. The van der Waals surface area contributed by atoms with Gasteiger partial charge in [0.05, 0.1) is 25.4 Å². The molecule has 0 unspecified atom stereocenters. The smallest absolute Gasteiger partial charge is 0.130 e. The number of ether oxygens (including phenoxy) is 2. The molecule has 2 heterocycles. The van der Waals surface area contributed by atoms with E-state index in [1.54, 1.807) is 0 Å². The highest BCUT2D eigenvalue weighted by Crippen LogP contribution is 2.27. The van der Waals surface area contributed by atoms with Crippen LogP contribution in [0.15, 0.2) is 48.5 Å². The fourth-order valence-corrected chi connectivity index (χ4v) is 3.86. The van der Waals surface area contributed by atoms with E-state index in [2.05, 4.69) is 10.6 Å². The summed E-state index contributed by atoms with van der Waals surface area (Å²) < 4.78 is 11.1. The first-order valence-corrected chi connectivity index (χ1v) is 10.2. The topological polar surface area (TPSA) is 123 Å². The molecule has 0 bridgehead atoms. The van der Waals surface area contributed by atoms with Crippen molar-refractivity contribution in [3.8, 4) is 11.1 Å². The highest BCUT2D eigenvalue weighted by atomic mass is 16.5. The third kappa shape index (κ3) is 4.75. The van der Waals surface area contributed by atoms with Gasteiger partial charge in [0.15, 0.2) is 0 Å². The van der Waals surface area contributed by atoms with Crippen molar-refractivity contribution in [2.75, 3.05) is 23.8 Å². The zero-order chi connectivity index (χ0) is 21.1. The lowest BCUT2D eigenvalue weighted by atomic mass is 10.0. The van der Waals surface area contributed by atoms with Crippen LogP contribution in [0.2, 0.25) is 0 Å². The molecule has 0 aliphatic carbocycles. The van der Waals surface area contributed by atoms with Crippen LogP contribution in [0.4, 0.5) is 11.4 Å². The molecule has 2 saturated heterocycles. The summed E-state index contributed by atoms with van der Waals surface area (Å²) in [6.07, 6.45) is -2.18. The minimum absolute atomic E-state index is 0.196. The Kier molecular flexibility index (Phi) is 6.52. The number of hydrogen-bond acceptors (Lipinski definition) is 8. The van der Waals surface area contributed by atoms with Crippen LogP contribution in [-0.2, 0) is 9.47 Å². The molecule has 30 heavy (non-hydrogen) atoms. The van der Waals surface area contributed by atoms with Crippen molar-refractivity contribution < 1.29 is 29.9 Å². The second-order valence-corrected chi connectivity index (χ2v) is 7.74. The molecule has 162 valence electrons. The van der Waals surface area contributed by atoms with E-state index in [4.69, 9.17) is 9.47 Å². The lowest BCUT2D eigenvalue weighted by Crippen LogP contribution is -2.25. The lowest BCUT2D eigenvalue weighted by Gasteiger charge is -2.16. The molecular weight excluding hydrogens is 388 g/mol. The summed E-state index contributed by atoms with van der Waals surface area (Å²) in [5.74, 6) is 0. The molecule has 2 aromatic carbocycles. The maximum absolute atomic E-state index is 9.82. The zero-order valence-corrected chi connectivity index (χ0v) is 16.5. The Morgan fingerprint density at radius 2 is 1.03 bits per heavy atom. The molecule has 6 atom stereocenters. The van der Waals surface area contributed by atoms with E-state index in [0.717, 1.165) is 22.5 Å². The molecule has 2 aromatic rings. The van der Waals surface area contributed by atoms with Gasteiger partial charge in [-0.05, 0) is 35.4 Å². The van der Waals surface area contributed by atoms with Gasteiger partial charge in [0.25, 0.3) is 0 Å². The average molecular weight is 416 g/mol.